The summed E-state index contributed by atoms with van der Waals surface area (Å²) in [6.07, 6.45) is 4.79. The van der Waals surface area contributed by atoms with Crippen molar-refractivity contribution in [3.63, 3.8) is 0 Å². The van der Waals surface area contributed by atoms with E-state index in [0.717, 1.165) is 25.1 Å². The second-order valence-corrected chi connectivity index (χ2v) is 5.85. The lowest BCUT2D eigenvalue weighted by Crippen LogP contribution is -2.42. The van der Waals surface area contributed by atoms with E-state index in [1.54, 1.807) is 7.11 Å². The van der Waals surface area contributed by atoms with Crippen LogP contribution in [0, 0.1) is 0 Å². The first-order chi connectivity index (χ1) is 9.65. The number of hydrogen-bond donors (Lipinski definition) is 1. The Balaban J connectivity index is 2.05. The molecule has 1 aromatic rings. The van der Waals surface area contributed by atoms with Gasteiger partial charge in [-0.2, -0.15) is 0 Å². The minimum Gasteiger partial charge on any atom is -0.497 e. The van der Waals surface area contributed by atoms with E-state index in [-0.39, 0.29) is 0 Å². The molecule has 1 aliphatic carbocycles. The molecule has 1 unspecified atom stereocenters. The first kappa shape index (κ1) is 15.3. The molecule has 1 aliphatic rings. The third kappa shape index (κ3) is 3.53. The van der Waals surface area contributed by atoms with Crippen LogP contribution in [0.2, 0.25) is 0 Å². The van der Waals surface area contributed by atoms with Gasteiger partial charge in [-0.05, 0) is 56.8 Å². The van der Waals surface area contributed by atoms with Crippen LogP contribution in [0.3, 0.4) is 0 Å². The highest BCUT2D eigenvalue weighted by Crippen LogP contribution is 2.30. The minimum absolute atomic E-state index is 0.418. The molecule has 0 spiro atoms. The van der Waals surface area contributed by atoms with Gasteiger partial charge in [0.2, 0.25) is 0 Å². The van der Waals surface area contributed by atoms with Crippen LogP contribution in [0.15, 0.2) is 24.3 Å². The van der Waals surface area contributed by atoms with Crippen LogP contribution in [0.1, 0.15) is 51.1 Å². The summed E-state index contributed by atoms with van der Waals surface area (Å²) < 4.78 is 5.24. The highest BCUT2D eigenvalue weighted by Gasteiger charge is 2.27. The molecule has 1 saturated carbocycles. The fraction of sp³-hybridized carbons (Fsp3) is 0.647. The highest BCUT2D eigenvalue weighted by molar-refractivity contribution is 5.29. The Bertz CT molecular complexity index is 396. The molecule has 1 aromatic carbocycles. The smallest absolute Gasteiger partial charge is 0.118 e. The zero-order valence-corrected chi connectivity index (χ0v) is 13.0. The molecule has 0 saturated heterocycles. The molecule has 1 fully saturated rings. The fourth-order valence-corrected chi connectivity index (χ4v) is 3.36. The Labute approximate surface area is 123 Å². The van der Waals surface area contributed by atoms with Crippen molar-refractivity contribution in [1.29, 1.82) is 0 Å². The maximum Gasteiger partial charge on any atom is 0.118 e. The molecule has 2 N–H and O–H groups in total. The number of ether oxygens (including phenoxy) is 1. The van der Waals surface area contributed by atoms with E-state index in [1.165, 1.54) is 18.4 Å². The molecule has 20 heavy (non-hydrogen) atoms. The van der Waals surface area contributed by atoms with E-state index in [9.17, 15) is 0 Å². The number of methoxy groups -OCH3 is 1. The normalized spacial score (nSPS) is 24.6. The van der Waals surface area contributed by atoms with Gasteiger partial charge in [0.15, 0.2) is 0 Å². The van der Waals surface area contributed by atoms with Gasteiger partial charge in [-0.3, -0.25) is 4.90 Å². The molecule has 3 heteroatoms. The summed E-state index contributed by atoms with van der Waals surface area (Å²) in [5.41, 5.74) is 7.39. The van der Waals surface area contributed by atoms with E-state index in [1.807, 2.05) is 0 Å². The van der Waals surface area contributed by atoms with Crippen LogP contribution in [0.25, 0.3) is 0 Å². The summed E-state index contributed by atoms with van der Waals surface area (Å²) in [6, 6.07) is 10.0. The molecule has 3 nitrogen and oxygen atoms in total. The number of hydrogen-bond acceptors (Lipinski definition) is 3. The van der Waals surface area contributed by atoms with Crippen molar-refractivity contribution < 1.29 is 4.74 Å². The van der Waals surface area contributed by atoms with E-state index < -0.39 is 0 Å². The Kier molecular flexibility index (Phi) is 5.44. The second kappa shape index (κ2) is 7.09. The third-order valence-electron chi connectivity index (χ3n) is 4.67. The van der Waals surface area contributed by atoms with Crippen molar-refractivity contribution in [3.8, 4) is 5.75 Å². The van der Waals surface area contributed by atoms with Gasteiger partial charge >= 0.3 is 0 Å². The van der Waals surface area contributed by atoms with Crippen molar-refractivity contribution in [2.75, 3.05) is 13.7 Å². The number of rotatable bonds is 5. The minimum atomic E-state index is 0.418. The van der Waals surface area contributed by atoms with Crippen LogP contribution in [0.5, 0.6) is 5.75 Å². The maximum atomic E-state index is 6.03. The summed E-state index contributed by atoms with van der Waals surface area (Å²) in [4.78, 5) is 2.62. The lowest BCUT2D eigenvalue weighted by molar-refractivity contribution is 0.114. The summed E-state index contributed by atoms with van der Waals surface area (Å²) in [5.74, 6) is 0.924. The lowest BCUT2D eigenvalue weighted by atomic mass is 9.89. The van der Waals surface area contributed by atoms with Crippen LogP contribution in [-0.2, 0) is 0 Å². The van der Waals surface area contributed by atoms with Gasteiger partial charge in [-0.1, -0.05) is 19.1 Å². The van der Waals surface area contributed by atoms with Gasteiger partial charge in [0.05, 0.1) is 7.11 Å². The van der Waals surface area contributed by atoms with Gasteiger partial charge in [0.25, 0.3) is 0 Å². The lowest BCUT2D eigenvalue weighted by Gasteiger charge is -2.39. The largest absolute Gasteiger partial charge is 0.497 e. The standard InChI is InChI=1S/C17H28N2O/c1-4-19(16-9-7-15(18)8-10-16)13(2)14-5-11-17(20-3)12-6-14/h5-6,11-13,15-16H,4,7-10,18H2,1-3H3. The molecule has 0 aliphatic heterocycles. The van der Waals surface area contributed by atoms with Gasteiger partial charge in [-0.15, -0.1) is 0 Å². The topological polar surface area (TPSA) is 38.5 Å². The SMILES string of the molecule is CCN(C1CCC(N)CC1)C(C)c1ccc(OC)cc1. The number of benzene rings is 1. The molecule has 0 amide bonds. The molecular weight excluding hydrogens is 248 g/mol. The average molecular weight is 276 g/mol. The zero-order valence-electron chi connectivity index (χ0n) is 13.0. The van der Waals surface area contributed by atoms with Crippen molar-refractivity contribution in [3.05, 3.63) is 29.8 Å². The Morgan fingerprint density at radius 2 is 1.80 bits per heavy atom. The van der Waals surface area contributed by atoms with Crippen LogP contribution in [-0.4, -0.2) is 30.6 Å². The number of nitrogens with two attached hydrogens (primary N) is 1. The van der Waals surface area contributed by atoms with Crippen molar-refractivity contribution in [2.45, 2.75) is 57.7 Å². The predicted molar refractivity (Wildman–Crippen MR) is 84.0 cm³/mol. The predicted octanol–water partition coefficient (Wildman–Crippen LogP) is 3.35. The van der Waals surface area contributed by atoms with Crippen molar-refractivity contribution >= 4 is 0 Å². The highest BCUT2D eigenvalue weighted by atomic mass is 16.5. The monoisotopic (exact) mass is 276 g/mol. The summed E-state index contributed by atoms with van der Waals surface area (Å²) in [5, 5.41) is 0. The molecule has 0 radical (unpaired) electrons. The van der Waals surface area contributed by atoms with E-state index in [2.05, 4.69) is 43.0 Å². The molecule has 2 rings (SSSR count). The number of nitrogens with zero attached hydrogens (tertiary/aromatic N) is 1. The van der Waals surface area contributed by atoms with Gasteiger partial charge < -0.3 is 10.5 Å². The van der Waals surface area contributed by atoms with Crippen molar-refractivity contribution in [1.82, 2.24) is 4.90 Å². The zero-order chi connectivity index (χ0) is 14.5. The Morgan fingerprint density at radius 3 is 2.30 bits per heavy atom. The fourth-order valence-electron chi connectivity index (χ4n) is 3.36. The molecule has 0 bridgehead atoms. The first-order valence-corrected chi connectivity index (χ1v) is 7.81. The van der Waals surface area contributed by atoms with Crippen LogP contribution in [0.4, 0.5) is 0 Å². The van der Waals surface area contributed by atoms with Crippen LogP contribution >= 0.6 is 0 Å². The van der Waals surface area contributed by atoms with Gasteiger partial charge in [0, 0.05) is 18.1 Å². The summed E-state index contributed by atoms with van der Waals surface area (Å²) in [7, 11) is 1.71. The molecule has 1 atom stereocenters. The second-order valence-electron chi connectivity index (χ2n) is 5.85. The van der Waals surface area contributed by atoms with E-state index in [0.29, 0.717) is 18.1 Å². The molecule has 0 heterocycles. The average Bonchev–Trinajstić information content (AvgIpc) is 2.50. The summed E-state index contributed by atoms with van der Waals surface area (Å²) in [6.45, 7) is 5.65. The summed E-state index contributed by atoms with van der Waals surface area (Å²) >= 11 is 0. The molecule has 112 valence electrons. The Morgan fingerprint density at radius 1 is 1.20 bits per heavy atom. The van der Waals surface area contributed by atoms with Gasteiger partial charge in [0.1, 0.15) is 5.75 Å². The third-order valence-corrected chi connectivity index (χ3v) is 4.67. The first-order valence-electron chi connectivity index (χ1n) is 7.81. The molecule has 0 aromatic heterocycles. The van der Waals surface area contributed by atoms with E-state index >= 15 is 0 Å². The van der Waals surface area contributed by atoms with Gasteiger partial charge in [-0.25, -0.2) is 0 Å². The Hall–Kier alpha value is -1.06. The van der Waals surface area contributed by atoms with E-state index in [4.69, 9.17) is 10.5 Å². The molecular formula is C17H28N2O. The quantitative estimate of drug-likeness (QED) is 0.896. The van der Waals surface area contributed by atoms with Crippen molar-refractivity contribution in [2.24, 2.45) is 5.73 Å². The maximum absolute atomic E-state index is 6.03. The van der Waals surface area contributed by atoms with Crippen LogP contribution < -0.4 is 10.5 Å².